The number of aryl methyl sites for hydroxylation is 1. The molecule has 0 atom stereocenters. The third-order valence-corrected chi connectivity index (χ3v) is 4.24. The highest BCUT2D eigenvalue weighted by Crippen LogP contribution is 2.17. The molecule has 7 heteroatoms. The maximum Gasteiger partial charge on any atom is 0.320 e. The molecule has 0 saturated carbocycles. The normalized spacial score (nSPS) is 11.4. The van der Waals surface area contributed by atoms with E-state index in [4.69, 9.17) is 0 Å². The predicted molar refractivity (Wildman–Crippen MR) is 90.8 cm³/mol. The first-order valence-corrected chi connectivity index (χ1v) is 7.95. The molecule has 24 heavy (non-hydrogen) atoms. The molecule has 0 bridgehead atoms. The number of aliphatic hydroxyl groups excluding tert-OH is 1. The summed E-state index contributed by atoms with van der Waals surface area (Å²) in [6.07, 6.45) is 1.24. The number of urea groups is 1. The molecule has 1 aromatic carbocycles. The molecule has 6 nitrogen and oxygen atoms in total. The van der Waals surface area contributed by atoms with Crippen molar-refractivity contribution in [3.8, 4) is 5.69 Å². The molecule has 2 aromatic rings. The number of anilines is 1. The standard InChI is InChI=1S/C17H23FN4O2/c1-4-17(5-2,11-23)20-16(24)19-15-10-12(3)22(21-15)14-8-6-13(18)7-9-14/h6-10,23H,4-5,11H2,1-3H3,(H2,19,20,21,24). The van der Waals surface area contributed by atoms with Gasteiger partial charge in [-0.3, -0.25) is 5.32 Å². The van der Waals surface area contributed by atoms with Crippen molar-refractivity contribution in [1.82, 2.24) is 15.1 Å². The Balaban J connectivity index is 2.12. The van der Waals surface area contributed by atoms with Gasteiger partial charge in [0.05, 0.1) is 17.8 Å². The summed E-state index contributed by atoms with van der Waals surface area (Å²) in [5, 5.41) is 19.3. The fourth-order valence-electron chi connectivity index (χ4n) is 2.46. The number of rotatable bonds is 6. The summed E-state index contributed by atoms with van der Waals surface area (Å²) < 4.78 is 14.6. The number of aliphatic hydroxyl groups is 1. The molecule has 0 radical (unpaired) electrons. The van der Waals surface area contributed by atoms with Crippen LogP contribution in [0.5, 0.6) is 0 Å². The third kappa shape index (κ3) is 3.91. The largest absolute Gasteiger partial charge is 0.394 e. The van der Waals surface area contributed by atoms with Crippen LogP contribution < -0.4 is 10.6 Å². The minimum Gasteiger partial charge on any atom is -0.394 e. The molecule has 2 rings (SSSR count). The van der Waals surface area contributed by atoms with Crippen molar-refractivity contribution >= 4 is 11.8 Å². The first kappa shape index (κ1) is 17.9. The van der Waals surface area contributed by atoms with Crippen LogP contribution in [0.25, 0.3) is 5.69 Å². The number of nitrogens with one attached hydrogen (secondary N) is 2. The van der Waals surface area contributed by atoms with Gasteiger partial charge < -0.3 is 10.4 Å². The molecule has 0 saturated heterocycles. The number of benzene rings is 1. The highest BCUT2D eigenvalue weighted by Gasteiger charge is 2.27. The number of carbonyl (C=O) groups is 1. The lowest BCUT2D eigenvalue weighted by molar-refractivity contribution is 0.155. The summed E-state index contributed by atoms with van der Waals surface area (Å²) >= 11 is 0. The van der Waals surface area contributed by atoms with Crippen molar-refractivity contribution < 1.29 is 14.3 Å². The second-order valence-electron chi connectivity index (χ2n) is 5.78. The molecule has 0 spiro atoms. The molecule has 0 fully saturated rings. The van der Waals surface area contributed by atoms with E-state index in [-0.39, 0.29) is 12.4 Å². The van der Waals surface area contributed by atoms with Gasteiger partial charge in [-0.15, -0.1) is 5.10 Å². The zero-order chi connectivity index (χ0) is 17.7. The van der Waals surface area contributed by atoms with Gasteiger partial charge in [0.15, 0.2) is 5.82 Å². The van der Waals surface area contributed by atoms with Gasteiger partial charge in [-0.25, -0.2) is 13.9 Å². The van der Waals surface area contributed by atoms with Crippen LogP contribution in [0.3, 0.4) is 0 Å². The van der Waals surface area contributed by atoms with Gasteiger partial charge in [0.2, 0.25) is 0 Å². The predicted octanol–water partition coefficient (Wildman–Crippen LogP) is 2.99. The summed E-state index contributed by atoms with van der Waals surface area (Å²) in [6, 6.07) is 7.25. The molecule has 0 aliphatic heterocycles. The summed E-state index contributed by atoms with van der Waals surface area (Å²) in [5.41, 5.74) is 0.865. The Morgan fingerprint density at radius 3 is 2.46 bits per heavy atom. The van der Waals surface area contributed by atoms with Crippen molar-refractivity contribution in [3.63, 3.8) is 0 Å². The van der Waals surface area contributed by atoms with Crippen molar-refractivity contribution in [1.29, 1.82) is 0 Å². The van der Waals surface area contributed by atoms with E-state index in [0.29, 0.717) is 24.3 Å². The van der Waals surface area contributed by atoms with Gasteiger partial charge in [0.1, 0.15) is 5.82 Å². The number of amides is 2. The number of aromatic nitrogens is 2. The molecule has 0 aliphatic rings. The molecule has 1 aromatic heterocycles. The summed E-state index contributed by atoms with van der Waals surface area (Å²) in [6.45, 7) is 5.53. The molecular formula is C17H23FN4O2. The van der Waals surface area contributed by atoms with Crippen LogP contribution in [0.1, 0.15) is 32.4 Å². The fourth-order valence-corrected chi connectivity index (χ4v) is 2.46. The quantitative estimate of drug-likeness (QED) is 0.760. The second kappa shape index (κ2) is 7.44. The Bertz CT molecular complexity index is 685. The highest BCUT2D eigenvalue weighted by molar-refractivity contribution is 5.88. The maximum absolute atomic E-state index is 13.0. The maximum atomic E-state index is 13.0. The first-order valence-electron chi connectivity index (χ1n) is 7.95. The first-order chi connectivity index (χ1) is 11.4. The average Bonchev–Trinajstić information content (AvgIpc) is 2.93. The van der Waals surface area contributed by atoms with E-state index >= 15 is 0 Å². The molecule has 0 unspecified atom stereocenters. The number of hydrogen-bond donors (Lipinski definition) is 3. The van der Waals surface area contributed by atoms with Crippen LogP contribution in [0, 0.1) is 12.7 Å². The zero-order valence-electron chi connectivity index (χ0n) is 14.1. The number of halogens is 1. The van der Waals surface area contributed by atoms with E-state index in [1.165, 1.54) is 12.1 Å². The fraction of sp³-hybridized carbons (Fsp3) is 0.412. The van der Waals surface area contributed by atoms with Crippen molar-refractivity contribution in [2.75, 3.05) is 11.9 Å². The van der Waals surface area contributed by atoms with E-state index in [9.17, 15) is 14.3 Å². The molecule has 0 aliphatic carbocycles. The van der Waals surface area contributed by atoms with Crippen LogP contribution in [-0.4, -0.2) is 33.1 Å². The topological polar surface area (TPSA) is 79.2 Å². The van der Waals surface area contributed by atoms with Gasteiger partial charge in [-0.05, 0) is 44.0 Å². The Morgan fingerprint density at radius 2 is 1.92 bits per heavy atom. The lowest BCUT2D eigenvalue weighted by Crippen LogP contribution is -2.52. The van der Waals surface area contributed by atoms with Gasteiger partial charge in [0, 0.05) is 11.8 Å². The highest BCUT2D eigenvalue weighted by atomic mass is 19.1. The van der Waals surface area contributed by atoms with Gasteiger partial charge in [-0.2, -0.15) is 0 Å². The third-order valence-electron chi connectivity index (χ3n) is 4.24. The van der Waals surface area contributed by atoms with Gasteiger partial charge in [-0.1, -0.05) is 13.8 Å². The Hall–Kier alpha value is -2.41. The van der Waals surface area contributed by atoms with Crippen LogP contribution in [0.2, 0.25) is 0 Å². The van der Waals surface area contributed by atoms with Crippen LogP contribution >= 0.6 is 0 Å². The van der Waals surface area contributed by atoms with Crippen molar-refractivity contribution in [3.05, 3.63) is 41.8 Å². The Morgan fingerprint density at radius 1 is 1.29 bits per heavy atom. The van der Waals surface area contributed by atoms with E-state index < -0.39 is 11.6 Å². The number of hydrogen-bond acceptors (Lipinski definition) is 3. The average molecular weight is 334 g/mol. The van der Waals surface area contributed by atoms with Crippen molar-refractivity contribution in [2.45, 2.75) is 39.2 Å². The van der Waals surface area contributed by atoms with E-state index in [2.05, 4.69) is 15.7 Å². The Kier molecular flexibility index (Phi) is 5.56. The Labute approximate surface area is 140 Å². The van der Waals surface area contributed by atoms with Crippen LogP contribution in [0.15, 0.2) is 30.3 Å². The van der Waals surface area contributed by atoms with E-state index in [0.717, 1.165) is 5.69 Å². The van der Waals surface area contributed by atoms with Crippen LogP contribution in [-0.2, 0) is 0 Å². The zero-order valence-corrected chi connectivity index (χ0v) is 14.1. The minimum atomic E-state index is -0.640. The number of carbonyl (C=O) groups excluding carboxylic acids is 1. The molecule has 2 amide bonds. The van der Waals surface area contributed by atoms with Crippen molar-refractivity contribution in [2.24, 2.45) is 0 Å². The van der Waals surface area contributed by atoms with E-state index in [1.807, 2.05) is 20.8 Å². The molecular weight excluding hydrogens is 311 g/mol. The van der Waals surface area contributed by atoms with Gasteiger partial charge >= 0.3 is 6.03 Å². The second-order valence-corrected chi connectivity index (χ2v) is 5.78. The van der Waals surface area contributed by atoms with Crippen LogP contribution in [0.4, 0.5) is 15.0 Å². The molecule has 1 heterocycles. The minimum absolute atomic E-state index is 0.129. The molecule has 3 N–H and O–H groups in total. The monoisotopic (exact) mass is 334 g/mol. The smallest absolute Gasteiger partial charge is 0.320 e. The summed E-state index contributed by atoms with van der Waals surface area (Å²) in [7, 11) is 0. The molecule has 130 valence electrons. The SMILES string of the molecule is CCC(CC)(CO)NC(=O)Nc1cc(C)n(-c2ccc(F)cc2)n1. The van der Waals surface area contributed by atoms with E-state index in [1.54, 1.807) is 22.9 Å². The lowest BCUT2D eigenvalue weighted by Gasteiger charge is -2.30. The lowest BCUT2D eigenvalue weighted by atomic mass is 9.94. The number of nitrogens with zero attached hydrogens (tertiary/aromatic N) is 2. The van der Waals surface area contributed by atoms with Gasteiger partial charge in [0.25, 0.3) is 0 Å². The summed E-state index contributed by atoms with van der Waals surface area (Å²) in [4.78, 5) is 12.2. The summed E-state index contributed by atoms with van der Waals surface area (Å²) in [5.74, 6) is 0.0640.